The van der Waals surface area contributed by atoms with Crippen molar-refractivity contribution in [1.29, 1.82) is 5.26 Å². The lowest BCUT2D eigenvalue weighted by atomic mass is 10.1. The van der Waals surface area contributed by atoms with Crippen LogP contribution in [0.25, 0.3) is 0 Å². The van der Waals surface area contributed by atoms with E-state index in [1.807, 2.05) is 0 Å². The molecule has 1 aromatic carbocycles. The summed E-state index contributed by atoms with van der Waals surface area (Å²) in [5.74, 6) is 0. The molecule has 1 aromatic rings. The number of hydrogen-bond donors (Lipinski definition) is 1. The Labute approximate surface area is 84.6 Å². The Morgan fingerprint density at radius 1 is 1.36 bits per heavy atom. The molecule has 14 heavy (non-hydrogen) atoms. The van der Waals surface area contributed by atoms with Gasteiger partial charge in [0.05, 0.1) is 17.2 Å². The highest BCUT2D eigenvalue weighted by molar-refractivity contribution is 7.80. The zero-order valence-corrected chi connectivity index (χ0v) is 8.08. The normalized spacial score (nSPS) is 11.1. The molecule has 0 atom stereocenters. The first-order valence-electron chi connectivity index (χ1n) is 3.67. The monoisotopic (exact) mass is 217 g/mol. The molecule has 0 amide bonds. The maximum atomic E-state index is 12.3. The lowest BCUT2D eigenvalue weighted by molar-refractivity contribution is -0.137. The average Bonchev–Trinajstić information content (AvgIpc) is 2.07. The molecule has 0 bridgehead atoms. The number of hydrogen-bond acceptors (Lipinski definition) is 2. The van der Waals surface area contributed by atoms with Crippen LogP contribution < -0.4 is 0 Å². The number of alkyl halides is 3. The third-order valence-corrected chi connectivity index (χ3v) is 2.29. The maximum absolute atomic E-state index is 12.3. The fourth-order valence-electron chi connectivity index (χ4n) is 0.979. The van der Waals surface area contributed by atoms with Gasteiger partial charge >= 0.3 is 6.18 Å². The molecule has 0 saturated heterocycles. The van der Waals surface area contributed by atoms with Crippen molar-refractivity contribution in [2.45, 2.75) is 18.0 Å². The van der Waals surface area contributed by atoms with E-state index in [9.17, 15) is 13.2 Å². The highest BCUT2D eigenvalue weighted by atomic mass is 32.1. The Hall–Kier alpha value is -1.15. The van der Waals surface area contributed by atoms with E-state index in [-0.39, 0.29) is 10.5 Å². The lowest BCUT2D eigenvalue weighted by Crippen LogP contribution is -2.06. The van der Waals surface area contributed by atoms with Crippen molar-refractivity contribution in [2.24, 2.45) is 0 Å². The fraction of sp³-hybridized carbons (Fsp3) is 0.222. The molecule has 1 rings (SSSR count). The minimum atomic E-state index is -4.43. The zero-order chi connectivity index (χ0) is 10.9. The standard InChI is InChI=1S/C9H6F3NS/c1-5-6(4-13)2-7(3-8(5)14)9(10,11)12/h2-3,14H,1H3. The van der Waals surface area contributed by atoms with Crippen LogP contribution in [0.15, 0.2) is 17.0 Å². The number of halogens is 3. The highest BCUT2D eigenvalue weighted by Gasteiger charge is 2.31. The smallest absolute Gasteiger partial charge is 0.192 e. The van der Waals surface area contributed by atoms with Crippen molar-refractivity contribution in [1.82, 2.24) is 0 Å². The Morgan fingerprint density at radius 2 is 1.93 bits per heavy atom. The van der Waals surface area contributed by atoms with E-state index in [2.05, 4.69) is 12.6 Å². The number of thiol groups is 1. The van der Waals surface area contributed by atoms with Gasteiger partial charge in [-0.25, -0.2) is 0 Å². The second-order valence-electron chi connectivity index (χ2n) is 2.78. The maximum Gasteiger partial charge on any atom is 0.416 e. The van der Waals surface area contributed by atoms with Crippen molar-refractivity contribution >= 4 is 12.6 Å². The summed E-state index contributed by atoms with van der Waals surface area (Å²) in [5.41, 5.74) is -0.377. The van der Waals surface area contributed by atoms with E-state index in [0.29, 0.717) is 5.56 Å². The topological polar surface area (TPSA) is 23.8 Å². The van der Waals surface area contributed by atoms with E-state index in [1.54, 1.807) is 13.0 Å². The molecule has 1 nitrogen and oxygen atoms in total. The van der Waals surface area contributed by atoms with E-state index >= 15 is 0 Å². The molecule has 0 unspecified atom stereocenters. The largest absolute Gasteiger partial charge is 0.416 e. The molecule has 0 aliphatic carbocycles. The molecule has 74 valence electrons. The van der Waals surface area contributed by atoms with Crippen LogP contribution >= 0.6 is 12.6 Å². The first-order valence-corrected chi connectivity index (χ1v) is 4.12. The van der Waals surface area contributed by atoms with Crippen LogP contribution in [0.4, 0.5) is 13.2 Å². The molecular formula is C9H6F3NS. The summed E-state index contributed by atoms with van der Waals surface area (Å²) in [6, 6.07) is 3.44. The summed E-state index contributed by atoms with van der Waals surface area (Å²) in [6.45, 7) is 1.56. The van der Waals surface area contributed by atoms with Crippen LogP contribution in [0, 0.1) is 18.3 Å². The quantitative estimate of drug-likeness (QED) is 0.663. The van der Waals surface area contributed by atoms with Crippen molar-refractivity contribution in [3.05, 3.63) is 28.8 Å². The van der Waals surface area contributed by atoms with Gasteiger partial charge in [-0.1, -0.05) is 0 Å². The molecule has 0 aliphatic rings. The molecule has 0 fully saturated rings. The summed E-state index contributed by atoms with van der Waals surface area (Å²) < 4.78 is 36.8. The summed E-state index contributed by atoms with van der Waals surface area (Å²) >= 11 is 3.87. The van der Waals surface area contributed by atoms with Crippen molar-refractivity contribution in [3.8, 4) is 6.07 Å². The van der Waals surface area contributed by atoms with Crippen molar-refractivity contribution in [3.63, 3.8) is 0 Å². The number of nitriles is 1. The van der Waals surface area contributed by atoms with Gasteiger partial charge < -0.3 is 0 Å². The highest BCUT2D eigenvalue weighted by Crippen LogP contribution is 2.32. The first kappa shape index (κ1) is 10.9. The lowest BCUT2D eigenvalue weighted by Gasteiger charge is -2.09. The molecule has 0 aromatic heterocycles. The molecular weight excluding hydrogens is 211 g/mol. The summed E-state index contributed by atoms with van der Waals surface area (Å²) in [7, 11) is 0. The summed E-state index contributed by atoms with van der Waals surface area (Å²) in [4.78, 5) is 0.177. The predicted octanol–water partition coefficient (Wildman–Crippen LogP) is 3.17. The van der Waals surface area contributed by atoms with E-state index in [0.717, 1.165) is 12.1 Å². The minimum absolute atomic E-state index is 0.00447. The van der Waals surface area contributed by atoms with Gasteiger partial charge in [-0.05, 0) is 24.6 Å². The third-order valence-electron chi connectivity index (χ3n) is 1.83. The van der Waals surface area contributed by atoms with Crippen LogP contribution in [-0.4, -0.2) is 0 Å². The molecule has 0 aliphatic heterocycles. The molecule has 5 heteroatoms. The van der Waals surface area contributed by atoms with Crippen molar-refractivity contribution < 1.29 is 13.2 Å². The van der Waals surface area contributed by atoms with Gasteiger partial charge in [0.15, 0.2) is 0 Å². The predicted molar refractivity (Wildman–Crippen MR) is 48.1 cm³/mol. The third kappa shape index (κ3) is 2.02. The fourth-order valence-corrected chi connectivity index (χ4v) is 1.24. The average molecular weight is 217 g/mol. The van der Waals surface area contributed by atoms with Gasteiger partial charge in [0.2, 0.25) is 0 Å². The van der Waals surface area contributed by atoms with Gasteiger partial charge in [0, 0.05) is 4.90 Å². The molecule has 0 heterocycles. The summed E-state index contributed by atoms with van der Waals surface area (Å²) in [6.07, 6.45) is -4.43. The molecule has 0 spiro atoms. The number of benzene rings is 1. The minimum Gasteiger partial charge on any atom is -0.192 e. The second kappa shape index (κ2) is 3.54. The van der Waals surface area contributed by atoms with Crippen LogP contribution in [0.2, 0.25) is 0 Å². The van der Waals surface area contributed by atoms with Gasteiger partial charge in [-0.15, -0.1) is 12.6 Å². The van der Waals surface area contributed by atoms with Crippen LogP contribution in [0.3, 0.4) is 0 Å². The van der Waals surface area contributed by atoms with Crippen LogP contribution in [0.1, 0.15) is 16.7 Å². The second-order valence-corrected chi connectivity index (χ2v) is 3.26. The SMILES string of the molecule is Cc1c(S)cc(C(F)(F)F)cc1C#N. The first-order chi connectivity index (χ1) is 6.36. The molecule has 0 radical (unpaired) electrons. The molecule has 0 saturated carbocycles. The number of nitrogens with zero attached hydrogens (tertiary/aromatic N) is 1. The summed E-state index contributed by atoms with van der Waals surface area (Å²) in [5, 5.41) is 8.58. The van der Waals surface area contributed by atoms with E-state index in [1.165, 1.54) is 0 Å². The Bertz CT molecular complexity index is 404. The van der Waals surface area contributed by atoms with Gasteiger partial charge in [-0.3, -0.25) is 0 Å². The van der Waals surface area contributed by atoms with Gasteiger partial charge in [0.1, 0.15) is 0 Å². The Morgan fingerprint density at radius 3 is 2.36 bits per heavy atom. The van der Waals surface area contributed by atoms with Crippen LogP contribution in [0.5, 0.6) is 0 Å². The van der Waals surface area contributed by atoms with E-state index in [4.69, 9.17) is 5.26 Å². The Kier molecular flexibility index (Phi) is 2.76. The van der Waals surface area contributed by atoms with Gasteiger partial charge in [0.25, 0.3) is 0 Å². The zero-order valence-electron chi connectivity index (χ0n) is 7.18. The number of rotatable bonds is 0. The Balaban J connectivity index is 3.40. The van der Waals surface area contributed by atoms with Gasteiger partial charge in [-0.2, -0.15) is 18.4 Å². The molecule has 0 N–H and O–H groups in total. The van der Waals surface area contributed by atoms with E-state index < -0.39 is 11.7 Å². The van der Waals surface area contributed by atoms with Crippen molar-refractivity contribution in [2.75, 3.05) is 0 Å². The van der Waals surface area contributed by atoms with Crippen LogP contribution in [-0.2, 0) is 6.18 Å².